The van der Waals surface area contributed by atoms with Gasteiger partial charge in [0.15, 0.2) is 5.78 Å². The molecule has 24 heavy (non-hydrogen) atoms. The lowest BCUT2D eigenvalue weighted by molar-refractivity contribution is -0.128. The fourth-order valence-electron chi connectivity index (χ4n) is 2.92. The van der Waals surface area contributed by atoms with Crippen molar-refractivity contribution in [3.63, 3.8) is 0 Å². The molecule has 8 nitrogen and oxygen atoms in total. The molecule has 132 valence electrons. The van der Waals surface area contributed by atoms with Crippen molar-refractivity contribution in [1.82, 2.24) is 10.3 Å². The van der Waals surface area contributed by atoms with Crippen molar-refractivity contribution < 1.29 is 23.9 Å². The summed E-state index contributed by atoms with van der Waals surface area (Å²) in [7, 11) is 0. The van der Waals surface area contributed by atoms with Crippen molar-refractivity contribution in [2.45, 2.75) is 39.3 Å². The third-order valence-corrected chi connectivity index (χ3v) is 4.07. The lowest BCUT2D eigenvalue weighted by Gasteiger charge is -2.31. The summed E-state index contributed by atoms with van der Waals surface area (Å²) in [6.45, 7) is 5.50. The number of ketones is 1. The van der Waals surface area contributed by atoms with E-state index < -0.39 is 5.91 Å². The molecule has 0 radical (unpaired) electrons. The quantitative estimate of drug-likeness (QED) is 0.641. The summed E-state index contributed by atoms with van der Waals surface area (Å²) < 4.78 is 10.9. The Balaban J connectivity index is 2.12. The summed E-state index contributed by atoms with van der Waals surface area (Å²) in [5.74, 6) is -0.995. The monoisotopic (exact) mass is 337 g/mol. The molecule has 2 rings (SSSR count). The Morgan fingerprint density at radius 2 is 2.08 bits per heavy atom. The molecule has 1 fully saturated rings. The first-order valence-corrected chi connectivity index (χ1v) is 7.79. The molecule has 0 spiro atoms. The molecular weight excluding hydrogens is 314 g/mol. The minimum absolute atomic E-state index is 0.127. The normalized spacial score (nSPS) is 20.6. The Morgan fingerprint density at radius 3 is 2.67 bits per heavy atom. The zero-order valence-corrected chi connectivity index (χ0v) is 14.1. The highest BCUT2D eigenvalue weighted by atomic mass is 16.5. The fraction of sp³-hybridized carbons (Fsp3) is 0.562. The van der Waals surface area contributed by atoms with E-state index in [1.807, 2.05) is 0 Å². The fourth-order valence-corrected chi connectivity index (χ4v) is 2.92. The highest BCUT2D eigenvalue weighted by Gasteiger charge is 2.30. The zero-order chi connectivity index (χ0) is 17.9. The maximum atomic E-state index is 12.6. The van der Waals surface area contributed by atoms with Gasteiger partial charge in [0.25, 0.3) is 5.91 Å². The van der Waals surface area contributed by atoms with Gasteiger partial charge >= 0.3 is 0 Å². The van der Waals surface area contributed by atoms with Crippen LogP contribution in [-0.2, 0) is 14.3 Å². The van der Waals surface area contributed by atoms with Gasteiger partial charge in [0.2, 0.25) is 5.91 Å². The standard InChI is InChI=1S/C16H23N3O5/c1-8-14(9(2)18-15(8)10(3)20)16(22)19-11-6-23-5-4-12(11)24-7-13(17)21/h11-12,18H,4-7H2,1-3H3,(H2,17,21)(H,19,22)/t11-,12+/m1/s1. The maximum absolute atomic E-state index is 12.6. The van der Waals surface area contributed by atoms with E-state index in [1.165, 1.54) is 6.92 Å². The summed E-state index contributed by atoms with van der Waals surface area (Å²) in [5.41, 5.74) is 7.21. The number of primary amides is 1. The number of nitrogens with two attached hydrogens (primary N) is 1. The lowest BCUT2D eigenvalue weighted by Crippen LogP contribution is -2.51. The van der Waals surface area contributed by atoms with Gasteiger partial charge in [-0.1, -0.05) is 0 Å². The Labute approximate surface area is 140 Å². The molecule has 0 aromatic carbocycles. The number of amides is 2. The predicted octanol–water partition coefficient (Wildman–Crippen LogP) is 0.223. The Hall–Kier alpha value is -2.19. The molecule has 0 bridgehead atoms. The molecular formula is C16H23N3O5. The van der Waals surface area contributed by atoms with E-state index in [2.05, 4.69) is 10.3 Å². The molecule has 8 heteroatoms. The van der Waals surface area contributed by atoms with Gasteiger partial charge in [-0.15, -0.1) is 0 Å². The number of Topliss-reactive ketones (excluding diaryl/α,β-unsaturated/α-hetero) is 1. The number of carbonyl (C=O) groups is 3. The average molecular weight is 337 g/mol. The summed E-state index contributed by atoms with van der Waals surface area (Å²) in [4.78, 5) is 38.1. The summed E-state index contributed by atoms with van der Waals surface area (Å²) >= 11 is 0. The topological polar surface area (TPSA) is 124 Å². The Kier molecular flexibility index (Phi) is 5.74. The van der Waals surface area contributed by atoms with Gasteiger partial charge in [0, 0.05) is 19.2 Å². The van der Waals surface area contributed by atoms with Crippen LogP contribution in [0.1, 0.15) is 45.4 Å². The second kappa shape index (κ2) is 7.59. The molecule has 0 unspecified atom stereocenters. The second-order valence-corrected chi connectivity index (χ2v) is 5.94. The third-order valence-electron chi connectivity index (χ3n) is 4.07. The van der Waals surface area contributed by atoms with E-state index in [4.69, 9.17) is 15.2 Å². The SMILES string of the molecule is CC(=O)c1[nH]c(C)c(C(=O)N[C@@H]2COCC[C@@H]2OCC(N)=O)c1C. The largest absolute Gasteiger partial charge is 0.379 e. The van der Waals surface area contributed by atoms with Crippen LogP contribution in [0.25, 0.3) is 0 Å². The predicted molar refractivity (Wildman–Crippen MR) is 85.9 cm³/mol. The highest BCUT2D eigenvalue weighted by molar-refractivity contribution is 6.02. The number of nitrogens with one attached hydrogen (secondary N) is 2. The minimum Gasteiger partial charge on any atom is -0.379 e. The summed E-state index contributed by atoms with van der Waals surface area (Å²) in [6, 6.07) is -0.389. The average Bonchev–Trinajstić information content (AvgIpc) is 2.81. The first-order chi connectivity index (χ1) is 11.3. The van der Waals surface area contributed by atoms with Gasteiger partial charge in [0.05, 0.1) is 30.0 Å². The molecule has 2 amide bonds. The Bertz CT molecular complexity index is 652. The van der Waals surface area contributed by atoms with Crippen molar-refractivity contribution in [2.75, 3.05) is 19.8 Å². The highest BCUT2D eigenvalue weighted by Crippen LogP contribution is 2.19. The molecule has 2 heterocycles. The molecule has 1 aliphatic rings. The van der Waals surface area contributed by atoms with Crippen LogP contribution in [0.3, 0.4) is 0 Å². The van der Waals surface area contributed by atoms with Crippen molar-refractivity contribution in [3.8, 4) is 0 Å². The summed E-state index contributed by atoms with van der Waals surface area (Å²) in [6.07, 6.45) is 0.212. The van der Waals surface area contributed by atoms with Gasteiger partial charge < -0.3 is 25.5 Å². The lowest BCUT2D eigenvalue weighted by atomic mass is 10.0. The van der Waals surface area contributed by atoms with Crippen LogP contribution < -0.4 is 11.1 Å². The number of hydrogen-bond donors (Lipinski definition) is 3. The zero-order valence-electron chi connectivity index (χ0n) is 14.1. The maximum Gasteiger partial charge on any atom is 0.253 e. The van der Waals surface area contributed by atoms with E-state index in [9.17, 15) is 14.4 Å². The van der Waals surface area contributed by atoms with Crippen LogP contribution in [0.15, 0.2) is 0 Å². The number of rotatable bonds is 6. The van der Waals surface area contributed by atoms with E-state index >= 15 is 0 Å². The van der Waals surface area contributed by atoms with Crippen LogP contribution in [-0.4, -0.2) is 54.5 Å². The van der Waals surface area contributed by atoms with Crippen LogP contribution in [0.4, 0.5) is 0 Å². The van der Waals surface area contributed by atoms with Crippen molar-refractivity contribution in [3.05, 3.63) is 22.5 Å². The number of H-pyrrole nitrogens is 1. The van der Waals surface area contributed by atoms with Gasteiger partial charge in [-0.3, -0.25) is 14.4 Å². The Morgan fingerprint density at radius 1 is 1.38 bits per heavy atom. The molecule has 2 atom stereocenters. The van der Waals surface area contributed by atoms with Gasteiger partial charge in [-0.2, -0.15) is 0 Å². The number of hydrogen-bond acceptors (Lipinski definition) is 5. The second-order valence-electron chi connectivity index (χ2n) is 5.94. The molecule has 0 aliphatic carbocycles. The first kappa shape index (κ1) is 18.2. The van der Waals surface area contributed by atoms with Crippen molar-refractivity contribution in [2.24, 2.45) is 5.73 Å². The number of aromatic amines is 1. The molecule has 4 N–H and O–H groups in total. The number of carbonyl (C=O) groups excluding carboxylic acids is 3. The van der Waals surface area contributed by atoms with Gasteiger partial charge in [-0.05, 0) is 25.8 Å². The van der Waals surface area contributed by atoms with Crippen LogP contribution >= 0.6 is 0 Å². The number of aromatic nitrogens is 1. The number of aryl methyl sites for hydroxylation is 1. The van der Waals surface area contributed by atoms with Crippen molar-refractivity contribution >= 4 is 17.6 Å². The first-order valence-electron chi connectivity index (χ1n) is 7.79. The molecule has 0 saturated carbocycles. The van der Waals surface area contributed by atoms with Crippen molar-refractivity contribution in [1.29, 1.82) is 0 Å². The van der Waals surface area contributed by atoms with Gasteiger partial charge in [0.1, 0.15) is 6.61 Å². The number of ether oxygens (including phenoxy) is 2. The molecule has 1 saturated heterocycles. The van der Waals surface area contributed by atoms with Crippen LogP contribution in [0.2, 0.25) is 0 Å². The minimum atomic E-state index is -0.560. The smallest absolute Gasteiger partial charge is 0.253 e. The third kappa shape index (κ3) is 4.01. The van der Waals surface area contributed by atoms with Crippen LogP contribution in [0, 0.1) is 13.8 Å². The van der Waals surface area contributed by atoms with E-state index in [0.29, 0.717) is 35.5 Å². The van der Waals surface area contributed by atoms with Gasteiger partial charge in [-0.25, -0.2) is 0 Å². The van der Waals surface area contributed by atoms with E-state index in [1.54, 1.807) is 13.8 Å². The van der Waals surface area contributed by atoms with Crippen LogP contribution in [0.5, 0.6) is 0 Å². The molecule has 1 aromatic rings. The summed E-state index contributed by atoms with van der Waals surface area (Å²) in [5, 5.41) is 2.87. The van der Waals surface area contributed by atoms with E-state index in [0.717, 1.165) is 0 Å². The van der Waals surface area contributed by atoms with E-state index in [-0.39, 0.29) is 37.0 Å². The molecule has 1 aromatic heterocycles. The molecule has 1 aliphatic heterocycles.